The number of aromatic nitrogens is 1. The van der Waals surface area contributed by atoms with Gasteiger partial charge in [0.25, 0.3) is 11.5 Å². The average molecular weight is 350 g/mol. The maximum atomic E-state index is 12.2. The maximum absolute atomic E-state index is 12.2. The number of aromatic amines is 1. The van der Waals surface area contributed by atoms with E-state index in [1.54, 1.807) is 12.1 Å². The highest BCUT2D eigenvalue weighted by Gasteiger charge is 2.08. The number of carbonyl (C=O) groups is 1. The van der Waals surface area contributed by atoms with Gasteiger partial charge in [0.1, 0.15) is 5.75 Å². The van der Waals surface area contributed by atoms with E-state index in [0.717, 1.165) is 10.9 Å². The Morgan fingerprint density at radius 3 is 2.62 bits per heavy atom. The number of H-pyrrole nitrogens is 1. The van der Waals surface area contributed by atoms with Gasteiger partial charge >= 0.3 is 0 Å². The summed E-state index contributed by atoms with van der Waals surface area (Å²) in [5.41, 5.74) is 2.32. The molecular weight excluding hydrogens is 328 g/mol. The second-order valence-corrected chi connectivity index (χ2v) is 6.50. The summed E-state index contributed by atoms with van der Waals surface area (Å²) in [6, 6.07) is 17.0. The Kier molecular flexibility index (Phi) is 5.37. The van der Waals surface area contributed by atoms with Crippen molar-refractivity contribution < 1.29 is 9.53 Å². The van der Waals surface area contributed by atoms with Gasteiger partial charge in [0.15, 0.2) is 6.61 Å². The summed E-state index contributed by atoms with van der Waals surface area (Å²) in [6.45, 7) is 4.32. The van der Waals surface area contributed by atoms with Crippen LogP contribution in [0.25, 0.3) is 10.9 Å². The lowest BCUT2D eigenvalue weighted by atomic mass is 10.0. The summed E-state index contributed by atoms with van der Waals surface area (Å²) in [6.07, 6.45) is 0. The number of para-hydroxylation sites is 1. The van der Waals surface area contributed by atoms with Crippen LogP contribution in [0.3, 0.4) is 0 Å². The summed E-state index contributed by atoms with van der Waals surface area (Å²) >= 11 is 0. The van der Waals surface area contributed by atoms with E-state index in [4.69, 9.17) is 4.74 Å². The molecule has 0 saturated carbocycles. The van der Waals surface area contributed by atoms with Gasteiger partial charge in [0, 0.05) is 17.6 Å². The molecule has 5 nitrogen and oxygen atoms in total. The van der Waals surface area contributed by atoms with Crippen LogP contribution in [0.5, 0.6) is 5.75 Å². The van der Waals surface area contributed by atoms with Crippen LogP contribution in [-0.4, -0.2) is 17.5 Å². The zero-order valence-corrected chi connectivity index (χ0v) is 14.9. The van der Waals surface area contributed by atoms with Crippen LogP contribution in [0.1, 0.15) is 30.9 Å². The van der Waals surface area contributed by atoms with Gasteiger partial charge in [-0.1, -0.05) is 38.1 Å². The normalized spacial score (nSPS) is 10.9. The molecule has 0 unspecified atom stereocenters. The predicted octanol–water partition coefficient (Wildman–Crippen LogP) is 3.35. The van der Waals surface area contributed by atoms with Crippen LogP contribution in [-0.2, 0) is 11.3 Å². The highest BCUT2D eigenvalue weighted by molar-refractivity contribution is 5.80. The Bertz CT molecular complexity index is 962. The molecular formula is C21H22N2O3. The quantitative estimate of drug-likeness (QED) is 0.716. The van der Waals surface area contributed by atoms with Crippen molar-refractivity contribution in [3.05, 3.63) is 76.1 Å². The highest BCUT2D eigenvalue weighted by atomic mass is 16.5. The van der Waals surface area contributed by atoms with Crippen LogP contribution < -0.4 is 15.6 Å². The summed E-state index contributed by atoms with van der Waals surface area (Å²) in [5, 5.41) is 3.69. The van der Waals surface area contributed by atoms with E-state index < -0.39 is 0 Å². The Hall–Kier alpha value is -3.08. The van der Waals surface area contributed by atoms with E-state index in [-0.39, 0.29) is 24.6 Å². The fourth-order valence-corrected chi connectivity index (χ4v) is 2.67. The summed E-state index contributed by atoms with van der Waals surface area (Å²) in [4.78, 5) is 27.0. The van der Waals surface area contributed by atoms with E-state index in [1.165, 1.54) is 5.56 Å². The van der Waals surface area contributed by atoms with Crippen molar-refractivity contribution in [1.29, 1.82) is 0 Å². The molecule has 0 radical (unpaired) electrons. The Morgan fingerprint density at radius 2 is 1.88 bits per heavy atom. The van der Waals surface area contributed by atoms with E-state index >= 15 is 0 Å². The molecule has 0 saturated heterocycles. The summed E-state index contributed by atoms with van der Waals surface area (Å²) in [5.74, 6) is 0.765. The summed E-state index contributed by atoms with van der Waals surface area (Å²) in [7, 11) is 0. The Balaban J connectivity index is 1.67. The van der Waals surface area contributed by atoms with E-state index in [1.807, 2.05) is 36.4 Å². The van der Waals surface area contributed by atoms with Crippen molar-refractivity contribution in [2.75, 3.05) is 6.61 Å². The van der Waals surface area contributed by atoms with Crippen molar-refractivity contribution in [3.8, 4) is 5.75 Å². The third kappa shape index (κ3) is 4.30. The number of hydrogen-bond donors (Lipinski definition) is 2. The highest BCUT2D eigenvalue weighted by Crippen LogP contribution is 2.20. The fraction of sp³-hybridized carbons (Fsp3) is 0.238. The van der Waals surface area contributed by atoms with Crippen LogP contribution in [0, 0.1) is 0 Å². The van der Waals surface area contributed by atoms with Gasteiger partial charge in [-0.2, -0.15) is 0 Å². The largest absolute Gasteiger partial charge is 0.484 e. The van der Waals surface area contributed by atoms with Gasteiger partial charge in [-0.25, -0.2) is 0 Å². The van der Waals surface area contributed by atoms with E-state index in [9.17, 15) is 9.59 Å². The molecule has 5 heteroatoms. The molecule has 0 bridgehead atoms. The minimum absolute atomic E-state index is 0.0903. The first kappa shape index (κ1) is 17.7. The zero-order chi connectivity index (χ0) is 18.5. The number of nitrogens with one attached hydrogen (secondary N) is 2. The molecule has 1 heterocycles. The monoisotopic (exact) mass is 350 g/mol. The van der Waals surface area contributed by atoms with Crippen LogP contribution in [0.15, 0.2) is 59.4 Å². The number of amides is 1. The zero-order valence-electron chi connectivity index (χ0n) is 14.9. The van der Waals surface area contributed by atoms with Crippen LogP contribution in [0.4, 0.5) is 0 Å². The first-order valence-electron chi connectivity index (χ1n) is 8.63. The van der Waals surface area contributed by atoms with Crippen molar-refractivity contribution in [3.63, 3.8) is 0 Å². The molecule has 2 N–H and O–H groups in total. The van der Waals surface area contributed by atoms with Gasteiger partial charge in [-0.15, -0.1) is 0 Å². The number of fused-ring (bicyclic) bond motifs is 1. The van der Waals surface area contributed by atoms with Crippen LogP contribution in [0.2, 0.25) is 0 Å². The lowest BCUT2D eigenvalue weighted by Crippen LogP contribution is -2.30. The maximum Gasteiger partial charge on any atom is 0.258 e. The first-order chi connectivity index (χ1) is 12.5. The van der Waals surface area contributed by atoms with Crippen molar-refractivity contribution in [2.24, 2.45) is 0 Å². The van der Waals surface area contributed by atoms with Crippen LogP contribution >= 0.6 is 0 Å². The van der Waals surface area contributed by atoms with Crippen molar-refractivity contribution in [1.82, 2.24) is 10.3 Å². The topological polar surface area (TPSA) is 71.2 Å². The van der Waals surface area contributed by atoms with Gasteiger partial charge in [0.05, 0.1) is 0 Å². The van der Waals surface area contributed by atoms with Gasteiger partial charge in [0.2, 0.25) is 0 Å². The lowest BCUT2D eigenvalue weighted by Gasteiger charge is -2.09. The minimum atomic E-state index is -0.274. The molecule has 1 aromatic heterocycles. The molecule has 0 spiro atoms. The Labute approximate surface area is 152 Å². The fourth-order valence-electron chi connectivity index (χ4n) is 2.67. The molecule has 2 aromatic carbocycles. The number of carbonyl (C=O) groups excluding carboxylic acids is 1. The molecule has 0 atom stereocenters. The number of rotatable bonds is 6. The first-order valence-corrected chi connectivity index (χ1v) is 8.63. The molecule has 0 aliphatic carbocycles. The third-order valence-electron chi connectivity index (χ3n) is 4.20. The van der Waals surface area contributed by atoms with Crippen molar-refractivity contribution >= 4 is 16.8 Å². The second-order valence-electron chi connectivity index (χ2n) is 6.50. The standard InChI is InChI=1S/C21H22N2O3/c1-14(2)15-8-9-19-16(10-15)11-17(21(25)23-19)12-22-20(24)13-26-18-6-4-3-5-7-18/h3-11,14H,12-13H2,1-2H3,(H,22,24)(H,23,25). The third-order valence-corrected chi connectivity index (χ3v) is 4.20. The molecule has 3 aromatic rings. The number of ether oxygens (including phenoxy) is 1. The van der Waals surface area contributed by atoms with Crippen molar-refractivity contribution in [2.45, 2.75) is 26.3 Å². The second kappa shape index (κ2) is 7.87. The van der Waals surface area contributed by atoms with E-state index in [2.05, 4.69) is 30.2 Å². The molecule has 3 rings (SSSR count). The predicted molar refractivity (Wildman–Crippen MR) is 102 cm³/mol. The smallest absolute Gasteiger partial charge is 0.258 e. The summed E-state index contributed by atoms with van der Waals surface area (Å²) < 4.78 is 5.40. The number of benzene rings is 2. The average Bonchev–Trinajstić information content (AvgIpc) is 2.65. The molecule has 1 amide bonds. The molecule has 0 aliphatic rings. The Morgan fingerprint density at radius 1 is 1.12 bits per heavy atom. The number of pyridine rings is 1. The molecule has 134 valence electrons. The van der Waals surface area contributed by atoms with Gasteiger partial charge in [-0.05, 0) is 47.2 Å². The number of hydrogen-bond acceptors (Lipinski definition) is 3. The molecule has 0 aliphatic heterocycles. The van der Waals surface area contributed by atoms with Gasteiger partial charge < -0.3 is 15.0 Å². The lowest BCUT2D eigenvalue weighted by molar-refractivity contribution is -0.123. The van der Waals surface area contributed by atoms with E-state index in [0.29, 0.717) is 17.2 Å². The molecule has 0 fully saturated rings. The minimum Gasteiger partial charge on any atom is -0.484 e. The SMILES string of the molecule is CC(C)c1ccc2[nH]c(=O)c(CNC(=O)COc3ccccc3)cc2c1. The van der Waals surface area contributed by atoms with Gasteiger partial charge in [-0.3, -0.25) is 9.59 Å². The molecule has 26 heavy (non-hydrogen) atoms.